The van der Waals surface area contributed by atoms with E-state index < -0.39 is 21.7 Å². The molecule has 38 heavy (non-hydrogen) atoms. The van der Waals surface area contributed by atoms with Crippen molar-refractivity contribution in [3.8, 4) is 5.75 Å². The van der Waals surface area contributed by atoms with Gasteiger partial charge in [0.1, 0.15) is 11.4 Å². The minimum Gasteiger partial charge on any atom is -0.484 e. The average Bonchev–Trinajstić information content (AvgIpc) is 2.96. The number of nitrogens with one attached hydrogen (secondary N) is 1. The summed E-state index contributed by atoms with van der Waals surface area (Å²) in [5, 5.41) is 2.79. The van der Waals surface area contributed by atoms with Gasteiger partial charge >= 0.3 is 0 Å². The van der Waals surface area contributed by atoms with Gasteiger partial charge in [-0.1, -0.05) is 97.1 Å². The van der Waals surface area contributed by atoms with Crippen LogP contribution >= 0.6 is 0 Å². The van der Waals surface area contributed by atoms with Crippen LogP contribution in [0.5, 0.6) is 5.75 Å². The third-order valence-electron chi connectivity index (χ3n) is 6.01. The van der Waals surface area contributed by atoms with Crippen LogP contribution in [0.1, 0.15) is 21.5 Å². The molecule has 4 aromatic rings. The second-order valence-electron chi connectivity index (χ2n) is 8.56. The largest absolute Gasteiger partial charge is 0.484 e. The first kappa shape index (κ1) is 25.0. The van der Waals surface area contributed by atoms with E-state index in [0.29, 0.717) is 16.9 Å². The number of para-hydroxylation sites is 1. The molecule has 1 aliphatic rings. The number of allylic oxidation sites excluding steroid dienone is 1. The molecule has 0 spiro atoms. The molecule has 1 heterocycles. The standard InChI is InChI=1S/C30H24N2O5S/c33-27(21-37-24-16-8-3-9-17-24)31-28-25-18-10-11-19-26(25)38(35,36)32(20-22-12-4-1-5-13-22)29(28)30(34)23-14-6-2-7-15-23/h1-19H,20-21H2,(H,31,33). The predicted octanol–water partition coefficient (Wildman–Crippen LogP) is 4.64. The highest BCUT2D eigenvalue weighted by atomic mass is 32.2. The zero-order chi connectivity index (χ0) is 26.5. The van der Waals surface area contributed by atoms with Gasteiger partial charge in [0.25, 0.3) is 15.9 Å². The summed E-state index contributed by atoms with van der Waals surface area (Å²) in [6, 6.07) is 32.6. The SMILES string of the molecule is O=C(COc1ccccc1)NC1=C(C(=O)c2ccccc2)N(Cc2ccccc2)S(=O)(=O)c2ccccc21. The first-order valence-electron chi connectivity index (χ1n) is 11.9. The summed E-state index contributed by atoms with van der Waals surface area (Å²) in [6.07, 6.45) is 0. The highest BCUT2D eigenvalue weighted by molar-refractivity contribution is 7.89. The van der Waals surface area contributed by atoms with E-state index in [1.54, 1.807) is 97.1 Å². The lowest BCUT2D eigenvalue weighted by Gasteiger charge is -2.33. The van der Waals surface area contributed by atoms with Gasteiger partial charge in [-0.05, 0) is 23.8 Å². The van der Waals surface area contributed by atoms with Gasteiger partial charge in [0.15, 0.2) is 6.61 Å². The molecule has 1 aliphatic heterocycles. The van der Waals surface area contributed by atoms with Gasteiger partial charge in [0, 0.05) is 11.1 Å². The Morgan fingerprint density at radius 2 is 1.32 bits per heavy atom. The van der Waals surface area contributed by atoms with Gasteiger partial charge in [-0.15, -0.1) is 0 Å². The molecule has 7 nitrogen and oxygen atoms in total. The molecular weight excluding hydrogens is 500 g/mol. The molecular formula is C30H24N2O5S. The van der Waals surface area contributed by atoms with Crippen LogP contribution in [0.3, 0.4) is 0 Å². The Kier molecular flexibility index (Phi) is 7.06. The molecule has 1 N–H and O–H groups in total. The number of ketones is 1. The fourth-order valence-electron chi connectivity index (χ4n) is 4.22. The van der Waals surface area contributed by atoms with Crippen molar-refractivity contribution < 1.29 is 22.7 Å². The van der Waals surface area contributed by atoms with Gasteiger partial charge in [-0.2, -0.15) is 0 Å². The Morgan fingerprint density at radius 1 is 0.737 bits per heavy atom. The molecule has 0 bridgehead atoms. The fraction of sp³-hybridized carbons (Fsp3) is 0.0667. The Bertz CT molecular complexity index is 1600. The highest BCUT2D eigenvalue weighted by Gasteiger charge is 2.40. The van der Waals surface area contributed by atoms with Gasteiger partial charge in [0.2, 0.25) is 5.78 Å². The summed E-state index contributed by atoms with van der Waals surface area (Å²) in [5.74, 6) is -0.551. The maximum Gasteiger partial charge on any atom is 0.265 e. The Labute approximate surface area is 221 Å². The first-order chi connectivity index (χ1) is 18.4. The quantitative estimate of drug-likeness (QED) is 0.339. The highest BCUT2D eigenvalue weighted by Crippen LogP contribution is 2.38. The summed E-state index contributed by atoms with van der Waals surface area (Å²) in [7, 11) is -4.14. The first-order valence-corrected chi connectivity index (χ1v) is 13.4. The third kappa shape index (κ3) is 5.07. The van der Waals surface area contributed by atoms with Crippen molar-refractivity contribution in [2.75, 3.05) is 6.61 Å². The number of nitrogens with zero attached hydrogens (tertiary/aromatic N) is 1. The molecule has 0 fully saturated rings. The zero-order valence-electron chi connectivity index (χ0n) is 20.3. The molecule has 0 atom stereocenters. The topological polar surface area (TPSA) is 92.8 Å². The lowest BCUT2D eigenvalue weighted by Crippen LogP contribution is -2.41. The van der Waals surface area contributed by atoms with Gasteiger partial charge < -0.3 is 10.1 Å². The predicted molar refractivity (Wildman–Crippen MR) is 143 cm³/mol. The van der Waals surface area contributed by atoms with E-state index in [9.17, 15) is 18.0 Å². The number of amides is 1. The summed E-state index contributed by atoms with van der Waals surface area (Å²) in [6.45, 7) is -0.417. The molecule has 0 radical (unpaired) electrons. The van der Waals surface area contributed by atoms with Crippen LogP contribution in [-0.4, -0.2) is 31.0 Å². The lowest BCUT2D eigenvalue weighted by atomic mass is 10.0. The average molecular weight is 525 g/mol. The second-order valence-corrected chi connectivity index (χ2v) is 10.4. The Balaban J connectivity index is 1.63. The number of hydrogen-bond donors (Lipinski definition) is 1. The van der Waals surface area contributed by atoms with E-state index in [1.807, 2.05) is 12.1 Å². The van der Waals surface area contributed by atoms with Crippen LogP contribution in [0.15, 0.2) is 126 Å². The monoisotopic (exact) mass is 524 g/mol. The van der Waals surface area contributed by atoms with Crippen LogP contribution in [0.2, 0.25) is 0 Å². The lowest BCUT2D eigenvalue weighted by molar-refractivity contribution is -0.121. The van der Waals surface area contributed by atoms with E-state index >= 15 is 0 Å². The number of sulfonamides is 1. The summed E-state index contributed by atoms with van der Waals surface area (Å²) >= 11 is 0. The summed E-state index contributed by atoms with van der Waals surface area (Å²) in [5.41, 5.74) is 1.20. The number of rotatable bonds is 8. The van der Waals surface area contributed by atoms with E-state index in [2.05, 4.69) is 5.32 Å². The maximum absolute atomic E-state index is 13.9. The molecule has 1 amide bonds. The van der Waals surface area contributed by atoms with E-state index in [0.717, 1.165) is 4.31 Å². The minimum absolute atomic E-state index is 0.000166. The Hall–Kier alpha value is -4.69. The van der Waals surface area contributed by atoms with Gasteiger partial charge in [0.05, 0.1) is 17.1 Å². The maximum atomic E-state index is 13.9. The number of Topliss-reactive ketones (excluding diaryl/α,β-unsaturated/α-hetero) is 1. The van der Waals surface area contributed by atoms with Crippen molar-refractivity contribution in [3.63, 3.8) is 0 Å². The molecule has 8 heteroatoms. The van der Waals surface area contributed by atoms with Gasteiger partial charge in [-0.3, -0.25) is 13.9 Å². The number of carbonyl (C=O) groups excluding carboxylic acids is 2. The number of benzene rings is 4. The molecule has 0 saturated heterocycles. The molecule has 4 aromatic carbocycles. The second kappa shape index (κ2) is 10.7. The molecule has 5 rings (SSSR count). The van der Waals surface area contributed by atoms with E-state index in [4.69, 9.17) is 4.74 Å². The fourth-order valence-corrected chi connectivity index (χ4v) is 5.89. The molecule has 190 valence electrons. The number of carbonyl (C=O) groups is 2. The van der Waals surface area contributed by atoms with Crippen LogP contribution in [-0.2, 0) is 21.4 Å². The summed E-state index contributed by atoms with van der Waals surface area (Å²) in [4.78, 5) is 27.0. The molecule has 0 unspecified atom stereocenters. The summed E-state index contributed by atoms with van der Waals surface area (Å²) < 4.78 is 34.5. The van der Waals surface area contributed by atoms with Gasteiger partial charge in [-0.25, -0.2) is 8.42 Å². The van der Waals surface area contributed by atoms with Crippen LogP contribution in [0, 0.1) is 0 Å². The molecule has 0 aromatic heterocycles. The van der Waals surface area contributed by atoms with Crippen LogP contribution < -0.4 is 10.1 Å². The van der Waals surface area contributed by atoms with Crippen molar-refractivity contribution in [1.82, 2.24) is 9.62 Å². The normalized spacial score (nSPS) is 13.9. The van der Waals surface area contributed by atoms with Crippen molar-refractivity contribution in [2.24, 2.45) is 0 Å². The zero-order valence-corrected chi connectivity index (χ0v) is 21.1. The minimum atomic E-state index is -4.14. The number of hydrogen-bond acceptors (Lipinski definition) is 5. The molecule has 0 saturated carbocycles. The smallest absolute Gasteiger partial charge is 0.265 e. The van der Waals surface area contributed by atoms with Crippen molar-refractivity contribution in [1.29, 1.82) is 0 Å². The van der Waals surface area contributed by atoms with E-state index in [1.165, 1.54) is 6.07 Å². The van der Waals surface area contributed by atoms with E-state index in [-0.39, 0.29) is 35.0 Å². The molecule has 0 aliphatic carbocycles. The van der Waals surface area contributed by atoms with Crippen molar-refractivity contribution in [2.45, 2.75) is 11.4 Å². The van der Waals surface area contributed by atoms with Crippen LogP contribution in [0.4, 0.5) is 0 Å². The number of fused-ring (bicyclic) bond motifs is 1. The third-order valence-corrected chi connectivity index (χ3v) is 7.81. The number of ether oxygens (including phenoxy) is 1. The van der Waals surface area contributed by atoms with Crippen molar-refractivity contribution >= 4 is 27.4 Å². The van der Waals surface area contributed by atoms with Crippen molar-refractivity contribution in [3.05, 3.63) is 138 Å². The Morgan fingerprint density at radius 3 is 2.00 bits per heavy atom. The van der Waals surface area contributed by atoms with Crippen LogP contribution in [0.25, 0.3) is 5.70 Å².